The van der Waals surface area contributed by atoms with Crippen molar-refractivity contribution in [1.29, 1.82) is 0 Å². The lowest BCUT2D eigenvalue weighted by atomic mass is 10.4. The lowest BCUT2D eigenvalue weighted by Crippen LogP contribution is -2.27. The summed E-state index contributed by atoms with van der Waals surface area (Å²) in [5.41, 5.74) is 0. The smallest absolute Gasteiger partial charge is 0.268 e. The molecule has 0 amide bonds. The maximum atomic E-state index is 12.5. The molecule has 0 N–H and O–H groups in total. The van der Waals surface area contributed by atoms with E-state index >= 15 is 0 Å². The van der Waals surface area contributed by atoms with Crippen molar-refractivity contribution in [1.82, 2.24) is 19.4 Å². The van der Waals surface area contributed by atoms with E-state index in [9.17, 15) is 8.42 Å². The third-order valence-corrected chi connectivity index (χ3v) is 7.64. The van der Waals surface area contributed by atoms with Crippen LogP contribution in [0.15, 0.2) is 50.3 Å². The highest BCUT2D eigenvalue weighted by atomic mass is 32.2. The molecule has 1 saturated heterocycles. The van der Waals surface area contributed by atoms with Gasteiger partial charge in [0.1, 0.15) is 4.90 Å². The topological polar surface area (TPSA) is 89.2 Å². The third-order valence-electron chi connectivity index (χ3n) is 3.96. The fraction of sp³-hybridized carbons (Fsp3) is 0.312. The van der Waals surface area contributed by atoms with Crippen molar-refractivity contribution in [3.63, 3.8) is 0 Å². The monoisotopic (exact) mass is 408 g/mol. The van der Waals surface area contributed by atoms with Crippen molar-refractivity contribution < 1.29 is 12.9 Å². The Labute approximate surface area is 159 Å². The minimum absolute atomic E-state index is 0.239. The molecular formula is C16H16N4O3S3. The minimum atomic E-state index is -3.42. The van der Waals surface area contributed by atoms with Gasteiger partial charge in [-0.3, -0.25) is 0 Å². The van der Waals surface area contributed by atoms with Gasteiger partial charge in [0.2, 0.25) is 10.0 Å². The van der Waals surface area contributed by atoms with Crippen LogP contribution in [-0.2, 0) is 15.8 Å². The number of hydrogen-bond acceptors (Lipinski definition) is 8. The summed E-state index contributed by atoms with van der Waals surface area (Å²) in [7, 11) is -3.42. The molecule has 0 radical (unpaired) electrons. The molecule has 0 atom stereocenters. The predicted octanol–water partition coefficient (Wildman–Crippen LogP) is 3.27. The van der Waals surface area contributed by atoms with Gasteiger partial charge in [0.05, 0.1) is 15.7 Å². The Morgan fingerprint density at radius 3 is 2.77 bits per heavy atom. The van der Waals surface area contributed by atoms with Crippen LogP contribution >= 0.6 is 23.1 Å². The standard InChI is InChI=1S/C16H16N4O3S3/c21-26(22,20-7-1-2-8-20)12-5-6-15(17-10-12)25-11-14-18-16(23-19-14)13-4-3-9-24-13/h3-6,9-10H,1-2,7-8,11H2. The van der Waals surface area contributed by atoms with E-state index in [1.807, 2.05) is 17.5 Å². The molecule has 1 fully saturated rings. The Morgan fingerprint density at radius 1 is 1.23 bits per heavy atom. The first-order valence-electron chi connectivity index (χ1n) is 8.08. The average Bonchev–Trinajstić information content (AvgIpc) is 3.42. The number of thiophene rings is 1. The Balaban J connectivity index is 1.40. The second kappa shape index (κ2) is 7.47. The molecule has 1 aliphatic heterocycles. The highest BCUT2D eigenvalue weighted by Gasteiger charge is 2.27. The summed E-state index contributed by atoms with van der Waals surface area (Å²) >= 11 is 2.98. The van der Waals surface area contributed by atoms with Crippen molar-refractivity contribution in [2.75, 3.05) is 13.1 Å². The van der Waals surface area contributed by atoms with Crippen molar-refractivity contribution in [2.24, 2.45) is 0 Å². The molecular weight excluding hydrogens is 392 g/mol. The maximum absolute atomic E-state index is 12.5. The molecule has 1 aliphatic rings. The number of thioether (sulfide) groups is 1. The molecule has 0 aliphatic carbocycles. The van der Waals surface area contributed by atoms with Gasteiger partial charge in [0.15, 0.2) is 5.82 Å². The van der Waals surface area contributed by atoms with Crippen LogP contribution < -0.4 is 0 Å². The van der Waals surface area contributed by atoms with E-state index in [0.717, 1.165) is 17.7 Å². The van der Waals surface area contributed by atoms with Crippen LogP contribution in [0.3, 0.4) is 0 Å². The summed E-state index contributed by atoms with van der Waals surface area (Å²) in [4.78, 5) is 9.79. The summed E-state index contributed by atoms with van der Waals surface area (Å²) in [6, 6.07) is 7.18. The zero-order valence-corrected chi connectivity index (χ0v) is 16.2. The van der Waals surface area contributed by atoms with E-state index < -0.39 is 10.0 Å². The summed E-state index contributed by atoms with van der Waals surface area (Å²) in [6.45, 7) is 1.17. The Morgan fingerprint density at radius 2 is 2.08 bits per heavy atom. The molecule has 3 aromatic rings. The van der Waals surface area contributed by atoms with Gasteiger partial charge in [-0.2, -0.15) is 9.29 Å². The first kappa shape index (κ1) is 17.7. The second-order valence-electron chi connectivity index (χ2n) is 5.73. The Kier molecular flexibility index (Phi) is 5.07. The SMILES string of the molecule is O=S(=O)(c1ccc(SCc2noc(-c3cccs3)n2)nc1)N1CCCC1. The molecule has 4 heterocycles. The normalized spacial score (nSPS) is 15.5. The van der Waals surface area contributed by atoms with E-state index in [0.29, 0.717) is 35.6 Å². The second-order valence-corrected chi connectivity index (χ2v) is 9.61. The van der Waals surface area contributed by atoms with E-state index in [-0.39, 0.29) is 4.90 Å². The number of nitrogens with zero attached hydrogens (tertiary/aromatic N) is 4. The lowest BCUT2D eigenvalue weighted by molar-refractivity contribution is 0.426. The maximum Gasteiger partial charge on any atom is 0.268 e. The van der Waals surface area contributed by atoms with Crippen LogP contribution in [0.5, 0.6) is 0 Å². The zero-order valence-electron chi connectivity index (χ0n) is 13.7. The quantitative estimate of drug-likeness (QED) is 0.578. The fourth-order valence-electron chi connectivity index (χ4n) is 2.63. The summed E-state index contributed by atoms with van der Waals surface area (Å²) in [5.74, 6) is 1.59. The molecule has 4 rings (SSSR count). The van der Waals surface area contributed by atoms with Gasteiger partial charge in [0, 0.05) is 19.3 Å². The van der Waals surface area contributed by atoms with Crippen molar-refractivity contribution >= 4 is 33.1 Å². The summed E-state index contributed by atoms with van der Waals surface area (Å²) in [5, 5.41) is 6.64. The molecule has 0 bridgehead atoms. The van der Waals surface area contributed by atoms with E-state index in [2.05, 4.69) is 15.1 Å². The van der Waals surface area contributed by atoms with Crippen LogP contribution in [-0.4, -0.2) is 40.9 Å². The number of sulfonamides is 1. The molecule has 7 nitrogen and oxygen atoms in total. The van der Waals surface area contributed by atoms with E-state index in [1.54, 1.807) is 23.5 Å². The van der Waals surface area contributed by atoms with Gasteiger partial charge in [-0.25, -0.2) is 13.4 Å². The number of aromatic nitrogens is 3. The van der Waals surface area contributed by atoms with Crippen LogP contribution in [0.2, 0.25) is 0 Å². The van der Waals surface area contributed by atoms with Gasteiger partial charge in [-0.05, 0) is 36.4 Å². The summed E-state index contributed by atoms with van der Waals surface area (Å²) < 4.78 is 31.7. The molecule has 0 aromatic carbocycles. The van der Waals surface area contributed by atoms with E-state index in [4.69, 9.17) is 4.52 Å². The van der Waals surface area contributed by atoms with Gasteiger partial charge in [-0.1, -0.05) is 23.0 Å². The number of hydrogen-bond donors (Lipinski definition) is 0. The summed E-state index contributed by atoms with van der Waals surface area (Å²) in [6.07, 6.45) is 3.25. The van der Waals surface area contributed by atoms with Crippen molar-refractivity contribution in [3.05, 3.63) is 41.7 Å². The lowest BCUT2D eigenvalue weighted by Gasteiger charge is -2.15. The first-order chi connectivity index (χ1) is 12.6. The van der Waals surface area contributed by atoms with Gasteiger partial charge in [-0.15, -0.1) is 11.3 Å². The van der Waals surface area contributed by atoms with Crippen LogP contribution in [0.25, 0.3) is 10.8 Å². The minimum Gasteiger partial charge on any atom is -0.333 e. The molecule has 0 spiro atoms. The highest BCUT2D eigenvalue weighted by Crippen LogP contribution is 2.26. The number of rotatable bonds is 6. The van der Waals surface area contributed by atoms with Crippen LogP contribution in [0.4, 0.5) is 0 Å². The molecule has 0 saturated carbocycles. The molecule has 26 heavy (non-hydrogen) atoms. The molecule has 10 heteroatoms. The third kappa shape index (κ3) is 3.68. The molecule has 3 aromatic heterocycles. The fourth-order valence-corrected chi connectivity index (χ4v) is 5.43. The van der Waals surface area contributed by atoms with Gasteiger partial charge >= 0.3 is 0 Å². The zero-order chi connectivity index (χ0) is 18.0. The van der Waals surface area contributed by atoms with Crippen molar-refractivity contribution in [2.45, 2.75) is 28.5 Å². The predicted molar refractivity (Wildman–Crippen MR) is 99.4 cm³/mol. The van der Waals surface area contributed by atoms with E-state index in [1.165, 1.54) is 22.3 Å². The van der Waals surface area contributed by atoms with Crippen molar-refractivity contribution in [3.8, 4) is 10.8 Å². The highest BCUT2D eigenvalue weighted by molar-refractivity contribution is 7.98. The first-order valence-corrected chi connectivity index (χ1v) is 11.4. The van der Waals surface area contributed by atoms with Crippen LogP contribution in [0, 0.1) is 0 Å². The molecule has 0 unspecified atom stereocenters. The number of pyridine rings is 1. The van der Waals surface area contributed by atoms with Gasteiger partial charge in [0.25, 0.3) is 5.89 Å². The average molecular weight is 409 g/mol. The molecule has 136 valence electrons. The Bertz CT molecular complexity index is 963. The largest absolute Gasteiger partial charge is 0.333 e. The van der Waals surface area contributed by atoms with Gasteiger partial charge < -0.3 is 4.52 Å². The van der Waals surface area contributed by atoms with Crippen LogP contribution in [0.1, 0.15) is 18.7 Å². The Hall–Kier alpha value is -1.75.